The van der Waals surface area contributed by atoms with Crippen molar-refractivity contribution in [3.8, 4) is 0 Å². The van der Waals surface area contributed by atoms with E-state index in [1.807, 2.05) is 13.8 Å². The summed E-state index contributed by atoms with van der Waals surface area (Å²) in [6, 6.07) is -0.289. The molecule has 7 nitrogen and oxygen atoms in total. The van der Waals surface area contributed by atoms with Crippen molar-refractivity contribution in [3.63, 3.8) is 0 Å². The van der Waals surface area contributed by atoms with Crippen LogP contribution in [0.25, 0.3) is 0 Å². The molecule has 0 radical (unpaired) electrons. The average molecular weight is 300 g/mol. The van der Waals surface area contributed by atoms with Crippen LogP contribution in [0.2, 0.25) is 0 Å². The highest BCUT2D eigenvalue weighted by molar-refractivity contribution is 5.81. The van der Waals surface area contributed by atoms with E-state index in [4.69, 9.17) is 5.11 Å². The number of methoxy groups -OCH3 is 1. The van der Waals surface area contributed by atoms with Crippen LogP contribution in [0.3, 0.4) is 0 Å². The Labute approximate surface area is 124 Å². The molecule has 0 saturated carbocycles. The maximum absolute atomic E-state index is 12.4. The van der Waals surface area contributed by atoms with Crippen LogP contribution in [0.15, 0.2) is 0 Å². The Kier molecular flexibility index (Phi) is 6.45. The van der Waals surface area contributed by atoms with Gasteiger partial charge in [0.15, 0.2) is 0 Å². The number of aliphatic carboxylic acids is 1. The Morgan fingerprint density at radius 2 is 2.05 bits per heavy atom. The molecule has 2 amide bonds. The second-order valence-electron chi connectivity index (χ2n) is 5.61. The van der Waals surface area contributed by atoms with Crippen LogP contribution < -0.4 is 0 Å². The Morgan fingerprint density at radius 3 is 2.57 bits per heavy atom. The number of carbonyl (C=O) groups excluding carboxylic acids is 2. The summed E-state index contributed by atoms with van der Waals surface area (Å²) in [5, 5.41) is 8.70. The number of hydrogen-bond donors (Lipinski definition) is 1. The molecule has 0 aromatic carbocycles. The second kappa shape index (κ2) is 7.85. The molecule has 0 spiro atoms. The van der Waals surface area contributed by atoms with E-state index in [1.54, 1.807) is 4.90 Å². The fourth-order valence-electron chi connectivity index (χ4n) is 2.43. The summed E-state index contributed by atoms with van der Waals surface area (Å²) in [5.74, 6) is -1.04. The number of nitrogens with zero attached hydrogens (tertiary/aromatic N) is 2. The van der Waals surface area contributed by atoms with Crippen LogP contribution in [0.5, 0.6) is 0 Å². The van der Waals surface area contributed by atoms with E-state index >= 15 is 0 Å². The largest absolute Gasteiger partial charge is 0.481 e. The molecule has 7 heteroatoms. The van der Waals surface area contributed by atoms with Crippen LogP contribution in [0.4, 0.5) is 4.79 Å². The number of likely N-dealkylation sites (tertiary alicyclic amines) is 1. The number of amides is 2. The van der Waals surface area contributed by atoms with Gasteiger partial charge in [-0.25, -0.2) is 4.79 Å². The van der Waals surface area contributed by atoms with Gasteiger partial charge in [-0.1, -0.05) is 0 Å². The number of ether oxygens (including phenoxy) is 1. The lowest BCUT2D eigenvalue weighted by atomic mass is 10.0. The van der Waals surface area contributed by atoms with Gasteiger partial charge < -0.3 is 19.6 Å². The van der Waals surface area contributed by atoms with Crippen molar-refractivity contribution < 1.29 is 24.2 Å². The van der Waals surface area contributed by atoms with Crippen molar-refractivity contribution in [2.45, 2.75) is 39.2 Å². The highest BCUT2D eigenvalue weighted by Gasteiger charge is 2.31. The average Bonchev–Trinajstić information content (AvgIpc) is 2.90. The molecule has 1 aliphatic rings. The van der Waals surface area contributed by atoms with E-state index in [2.05, 4.69) is 4.74 Å². The molecular weight excluding hydrogens is 276 g/mol. The van der Waals surface area contributed by atoms with Crippen molar-refractivity contribution >= 4 is 18.0 Å². The summed E-state index contributed by atoms with van der Waals surface area (Å²) in [5.41, 5.74) is 0. The SMILES string of the molecule is COC(=O)CN(C(=O)N1CCC(CCC(=O)O)C1)C(C)C. The Bertz CT molecular complexity index is 397. The van der Waals surface area contributed by atoms with Gasteiger partial charge in [-0.15, -0.1) is 0 Å². The Morgan fingerprint density at radius 1 is 1.38 bits per heavy atom. The van der Waals surface area contributed by atoms with Gasteiger partial charge in [0.05, 0.1) is 7.11 Å². The number of carbonyl (C=O) groups is 3. The zero-order valence-electron chi connectivity index (χ0n) is 12.9. The molecule has 1 rings (SSSR count). The molecule has 0 aromatic rings. The van der Waals surface area contributed by atoms with Crippen LogP contribution in [-0.2, 0) is 14.3 Å². The lowest BCUT2D eigenvalue weighted by molar-refractivity contribution is -0.141. The zero-order valence-corrected chi connectivity index (χ0v) is 12.9. The number of hydrogen-bond acceptors (Lipinski definition) is 4. The number of carboxylic acids is 1. The fraction of sp³-hybridized carbons (Fsp3) is 0.786. The molecule has 1 fully saturated rings. The predicted molar refractivity (Wildman–Crippen MR) is 75.8 cm³/mol. The van der Waals surface area contributed by atoms with Gasteiger partial charge in [-0.05, 0) is 32.6 Å². The Balaban J connectivity index is 2.56. The summed E-state index contributed by atoms with van der Waals surface area (Å²) in [6.07, 6.45) is 1.52. The lowest BCUT2D eigenvalue weighted by Crippen LogP contribution is -2.48. The van der Waals surface area contributed by atoms with Gasteiger partial charge in [0.1, 0.15) is 6.54 Å². The second-order valence-corrected chi connectivity index (χ2v) is 5.61. The van der Waals surface area contributed by atoms with Crippen molar-refractivity contribution in [1.29, 1.82) is 0 Å². The first-order valence-corrected chi connectivity index (χ1v) is 7.19. The lowest BCUT2D eigenvalue weighted by Gasteiger charge is -2.30. The van der Waals surface area contributed by atoms with Crippen molar-refractivity contribution in [3.05, 3.63) is 0 Å². The fourth-order valence-corrected chi connectivity index (χ4v) is 2.43. The maximum atomic E-state index is 12.4. The Hall–Kier alpha value is -1.79. The molecule has 120 valence electrons. The topological polar surface area (TPSA) is 87.2 Å². The number of carboxylic acid groups (broad SMARTS) is 1. The molecule has 1 atom stereocenters. The molecule has 0 aromatic heterocycles. The van der Waals surface area contributed by atoms with E-state index in [-0.39, 0.29) is 31.0 Å². The molecule has 0 bridgehead atoms. The maximum Gasteiger partial charge on any atom is 0.325 e. The predicted octanol–water partition coefficient (Wildman–Crippen LogP) is 1.18. The van der Waals surface area contributed by atoms with Crippen molar-refractivity contribution in [2.75, 3.05) is 26.7 Å². The highest BCUT2D eigenvalue weighted by atomic mass is 16.5. The third-order valence-electron chi connectivity index (χ3n) is 3.72. The minimum Gasteiger partial charge on any atom is -0.481 e. The summed E-state index contributed by atoms with van der Waals surface area (Å²) < 4.78 is 4.61. The van der Waals surface area contributed by atoms with Crippen LogP contribution >= 0.6 is 0 Å². The van der Waals surface area contributed by atoms with Crippen LogP contribution in [-0.4, -0.2) is 65.7 Å². The summed E-state index contributed by atoms with van der Waals surface area (Å²) in [4.78, 5) is 37.6. The van der Waals surface area contributed by atoms with Gasteiger partial charge in [-0.3, -0.25) is 9.59 Å². The molecule has 1 heterocycles. The number of esters is 1. The van der Waals surface area contributed by atoms with E-state index < -0.39 is 11.9 Å². The molecule has 0 aliphatic carbocycles. The molecule has 21 heavy (non-hydrogen) atoms. The first-order valence-electron chi connectivity index (χ1n) is 7.19. The third-order valence-corrected chi connectivity index (χ3v) is 3.72. The van der Waals surface area contributed by atoms with Gasteiger partial charge in [-0.2, -0.15) is 0 Å². The van der Waals surface area contributed by atoms with Crippen molar-refractivity contribution in [2.24, 2.45) is 5.92 Å². The first-order chi connectivity index (χ1) is 9.85. The van der Waals surface area contributed by atoms with E-state index in [0.29, 0.717) is 19.5 Å². The quantitative estimate of drug-likeness (QED) is 0.744. The van der Waals surface area contributed by atoms with Crippen LogP contribution in [0, 0.1) is 5.92 Å². The zero-order chi connectivity index (χ0) is 16.0. The van der Waals surface area contributed by atoms with Gasteiger partial charge in [0, 0.05) is 25.6 Å². The summed E-state index contributed by atoms with van der Waals surface area (Å²) >= 11 is 0. The molecule has 1 saturated heterocycles. The van der Waals surface area contributed by atoms with E-state index in [9.17, 15) is 14.4 Å². The number of rotatable bonds is 6. The minimum absolute atomic E-state index is 0.0662. The smallest absolute Gasteiger partial charge is 0.325 e. The normalized spacial score (nSPS) is 17.9. The van der Waals surface area contributed by atoms with Gasteiger partial charge in [0.2, 0.25) is 0 Å². The van der Waals surface area contributed by atoms with Crippen molar-refractivity contribution in [1.82, 2.24) is 9.80 Å². The molecule has 1 aliphatic heterocycles. The van der Waals surface area contributed by atoms with E-state index in [1.165, 1.54) is 12.0 Å². The first kappa shape index (κ1) is 17.3. The van der Waals surface area contributed by atoms with Gasteiger partial charge in [0.25, 0.3) is 0 Å². The standard InChI is InChI=1S/C14H24N2O5/c1-10(2)16(9-13(19)21-3)14(20)15-7-6-11(8-15)4-5-12(17)18/h10-11H,4-9H2,1-3H3,(H,17,18). The van der Waals surface area contributed by atoms with Gasteiger partial charge >= 0.3 is 18.0 Å². The monoisotopic (exact) mass is 300 g/mol. The summed E-state index contributed by atoms with van der Waals surface area (Å²) in [6.45, 7) is 4.78. The van der Waals surface area contributed by atoms with E-state index in [0.717, 1.165) is 6.42 Å². The summed E-state index contributed by atoms with van der Waals surface area (Å²) in [7, 11) is 1.29. The molecular formula is C14H24N2O5. The molecule has 1 unspecified atom stereocenters. The minimum atomic E-state index is -0.811. The third kappa shape index (κ3) is 5.24. The molecule has 1 N–H and O–H groups in total. The van der Waals surface area contributed by atoms with Crippen LogP contribution in [0.1, 0.15) is 33.1 Å². The highest BCUT2D eigenvalue weighted by Crippen LogP contribution is 2.22. The number of urea groups is 1.